The molecule has 17 heavy (non-hydrogen) atoms. The minimum Gasteiger partial charge on any atom is -0.497 e. The fourth-order valence-electron chi connectivity index (χ4n) is 1.64. The molecule has 0 radical (unpaired) electrons. The third kappa shape index (κ3) is 2.58. The summed E-state index contributed by atoms with van der Waals surface area (Å²) in [6.45, 7) is 0. The van der Waals surface area contributed by atoms with Gasteiger partial charge >= 0.3 is 0 Å². The average Bonchev–Trinajstić information content (AvgIpc) is 2.42. The Morgan fingerprint density at radius 3 is 2.29 bits per heavy atom. The summed E-state index contributed by atoms with van der Waals surface area (Å²) in [7, 11) is 1.64. The monoisotopic (exact) mass is 230 g/mol. The highest BCUT2D eigenvalue weighted by atomic mass is 16.5. The molecule has 2 rings (SSSR count). The molecule has 0 aliphatic heterocycles. The maximum absolute atomic E-state index is 5.57. The Kier molecular flexibility index (Phi) is 3.64. The molecule has 1 aromatic heterocycles. The molecule has 2 aromatic rings. The fourth-order valence-corrected chi connectivity index (χ4v) is 1.64. The number of methoxy groups -OCH3 is 1. The van der Waals surface area contributed by atoms with Gasteiger partial charge in [0.2, 0.25) is 0 Å². The Hall–Kier alpha value is -1.98. The van der Waals surface area contributed by atoms with Crippen LogP contribution in [0, 0.1) is 0 Å². The van der Waals surface area contributed by atoms with Gasteiger partial charge in [-0.25, -0.2) is 15.4 Å². The zero-order valence-electron chi connectivity index (χ0n) is 9.50. The number of aromatic nitrogens is 2. The van der Waals surface area contributed by atoms with Gasteiger partial charge in [0.1, 0.15) is 12.1 Å². The number of ether oxygens (including phenoxy) is 1. The average molecular weight is 230 g/mol. The van der Waals surface area contributed by atoms with Gasteiger partial charge in [0.25, 0.3) is 0 Å². The van der Waals surface area contributed by atoms with Crippen LogP contribution >= 0.6 is 0 Å². The van der Waals surface area contributed by atoms with Gasteiger partial charge in [0.15, 0.2) is 0 Å². The first kappa shape index (κ1) is 11.5. The Morgan fingerprint density at radius 2 is 1.76 bits per heavy atom. The van der Waals surface area contributed by atoms with Crippen molar-refractivity contribution < 1.29 is 4.74 Å². The van der Waals surface area contributed by atoms with Crippen LogP contribution in [-0.2, 0) is 0 Å². The number of nitrogens with one attached hydrogen (secondary N) is 1. The molecule has 0 amide bonds. The van der Waals surface area contributed by atoms with E-state index in [9.17, 15) is 0 Å². The van der Waals surface area contributed by atoms with Gasteiger partial charge in [-0.2, -0.15) is 0 Å². The summed E-state index contributed by atoms with van der Waals surface area (Å²) in [5.74, 6) is 6.38. The lowest BCUT2D eigenvalue weighted by Crippen LogP contribution is -2.28. The normalized spacial score (nSPS) is 12.1. The van der Waals surface area contributed by atoms with E-state index in [-0.39, 0.29) is 6.04 Å². The Bertz CT molecular complexity index is 458. The van der Waals surface area contributed by atoms with E-state index in [0.717, 1.165) is 16.9 Å². The minimum absolute atomic E-state index is 0.123. The standard InChI is InChI=1S/C12H14N4O/c1-17-11-4-2-9(3-5-11)12(16-13)10-6-14-8-15-7-10/h2-8,12,16H,13H2,1H3. The molecule has 5 nitrogen and oxygen atoms in total. The number of hydrazine groups is 1. The summed E-state index contributed by atoms with van der Waals surface area (Å²) in [4.78, 5) is 7.96. The summed E-state index contributed by atoms with van der Waals surface area (Å²) in [6.07, 6.45) is 4.97. The maximum Gasteiger partial charge on any atom is 0.118 e. The van der Waals surface area contributed by atoms with E-state index in [1.54, 1.807) is 19.5 Å². The smallest absolute Gasteiger partial charge is 0.118 e. The van der Waals surface area contributed by atoms with Gasteiger partial charge in [-0.05, 0) is 17.7 Å². The second-order valence-electron chi connectivity index (χ2n) is 3.54. The Labute approximate surface area is 99.6 Å². The molecule has 1 aromatic carbocycles. The van der Waals surface area contributed by atoms with E-state index in [1.165, 1.54) is 6.33 Å². The molecule has 3 N–H and O–H groups in total. The second-order valence-corrected chi connectivity index (χ2v) is 3.54. The van der Waals surface area contributed by atoms with E-state index >= 15 is 0 Å². The molecular formula is C12H14N4O. The van der Waals surface area contributed by atoms with Crippen molar-refractivity contribution in [3.05, 3.63) is 54.1 Å². The van der Waals surface area contributed by atoms with E-state index in [1.807, 2.05) is 24.3 Å². The topological polar surface area (TPSA) is 73.1 Å². The second kappa shape index (κ2) is 5.38. The fraction of sp³-hybridized carbons (Fsp3) is 0.167. The zero-order valence-corrected chi connectivity index (χ0v) is 9.50. The zero-order chi connectivity index (χ0) is 12.1. The van der Waals surface area contributed by atoms with Crippen LogP contribution in [0.1, 0.15) is 17.2 Å². The van der Waals surface area contributed by atoms with Crippen molar-refractivity contribution in [2.24, 2.45) is 5.84 Å². The van der Waals surface area contributed by atoms with Crippen molar-refractivity contribution in [3.63, 3.8) is 0 Å². The van der Waals surface area contributed by atoms with Gasteiger partial charge < -0.3 is 4.74 Å². The van der Waals surface area contributed by atoms with Crippen molar-refractivity contribution >= 4 is 0 Å². The van der Waals surface area contributed by atoms with Crippen molar-refractivity contribution in [3.8, 4) is 5.75 Å². The maximum atomic E-state index is 5.57. The molecule has 0 fully saturated rings. The molecular weight excluding hydrogens is 216 g/mol. The largest absolute Gasteiger partial charge is 0.497 e. The lowest BCUT2D eigenvalue weighted by molar-refractivity contribution is 0.414. The molecule has 0 saturated carbocycles. The molecule has 0 bridgehead atoms. The Morgan fingerprint density at radius 1 is 1.12 bits per heavy atom. The molecule has 0 spiro atoms. The highest BCUT2D eigenvalue weighted by Gasteiger charge is 2.12. The highest BCUT2D eigenvalue weighted by molar-refractivity contribution is 5.33. The van der Waals surface area contributed by atoms with Crippen molar-refractivity contribution in [1.82, 2.24) is 15.4 Å². The van der Waals surface area contributed by atoms with Gasteiger partial charge in [0.05, 0.1) is 13.2 Å². The number of benzene rings is 1. The van der Waals surface area contributed by atoms with Crippen LogP contribution < -0.4 is 16.0 Å². The summed E-state index contributed by atoms with van der Waals surface area (Å²) in [5.41, 5.74) is 4.70. The lowest BCUT2D eigenvalue weighted by Gasteiger charge is -2.16. The van der Waals surface area contributed by atoms with Gasteiger partial charge in [-0.1, -0.05) is 12.1 Å². The summed E-state index contributed by atoms with van der Waals surface area (Å²) >= 11 is 0. The summed E-state index contributed by atoms with van der Waals surface area (Å²) in [6, 6.07) is 7.57. The molecule has 5 heteroatoms. The predicted octanol–water partition coefficient (Wildman–Crippen LogP) is 1.04. The van der Waals surface area contributed by atoms with Crippen LogP contribution in [0.4, 0.5) is 0 Å². The van der Waals surface area contributed by atoms with E-state index in [0.29, 0.717) is 0 Å². The van der Waals surface area contributed by atoms with Crippen molar-refractivity contribution in [2.45, 2.75) is 6.04 Å². The minimum atomic E-state index is -0.123. The number of hydrogen-bond acceptors (Lipinski definition) is 5. The lowest BCUT2D eigenvalue weighted by atomic mass is 10.0. The number of rotatable bonds is 4. The molecule has 0 aliphatic carbocycles. The van der Waals surface area contributed by atoms with E-state index in [4.69, 9.17) is 10.6 Å². The Balaban J connectivity index is 2.29. The van der Waals surface area contributed by atoms with Crippen LogP contribution in [0.2, 0.25) is 0 Å². The SMILES string of the molecule is COc1ccc(C(NN)c2cncnc2)cc1. The van der Waals surface area contributed by atoms with Crippen LogP contribution in [-0.4, -0.2) is 17.1 Å². The van der Waals surface area contributed by atoms with E-state index < -0.39 is 0 Å². The molecule has 88 valence electrons. The molecule has 0 aliphatic rings. The summed E-state index contributed by atoms with van der Waals surface area (Å²) < 4.78 is 5.11. The first-order chi connectivity index (χ1) is 8.35. The van der Waals surface area contributed by atoms with Crippen molar-refractivity contribution in [2.75, 3.05) is 7.11 Å². The number of hydrogen-bond donors (Lipinski definition) is 2. The number of nitrogens with two attached hydrogens (primary N) is 1. The van der Waals surface area contributed by atoms with Gasteiger partial charge in [0, 0.05) is 18.0 Å². The first-order valence-electron chi connectivity index (χ1n) is 5.20. The van der Waals surface area contributed by atoms with Gasteiger partial charge in [-0.3, -0.25) is 5.84 Å². The highest BCUT2D eigenvalue weighted by Crippen LogP contribution is 2.22. The van der Waals surface area contributed by atoms with Crippen LogP contribution in [0.5, 0.6) is 5.75 Å². The molecule has 1 atom stereocenters. The quantitative estimate of drug-likeness (QED) is 0.606. The number of nitrogens with zero attached hydrogens (tertiary/aromatic N) is 2. The van der Waals surface area contributed by atoms with E-state index in [2.05, 4.69) is 15.4 Å². The van der Waals surface area contributed by atoms with Crippen LogP contribution in [0.25, 0.3) is 0 Å². The molecule has 1 unspecified atom stereocenters. The predicted molar refractivity (Wildman–Crippen MR) is 64.2 cm³/mol. The molecule has 1 heterocycles. The first-order valence-corrected chi connectivity index (χ1v) is 5.20. The van der Waals surface area contributed by atoms with Gasteiger partial charge in [-0.15, -0.1) is 0 Å². The molecule has 0 saturated heterocycles. The summed E-state index contributed by atoms with van der Waals surface area (Å²) in [5, 5.41) is 0. The van der Waals surface area contributed by atoms with Crippen LogP contribution in [0.15, 0.2) is 43.0 Å². The third-order valence-corrected chi connectivity index (χ3v) is 2.53. The van der Waals surface area contributed by atoms with Crippen LogP contribution in [0.3, 0.4) is 0 Å². The third-order valence-electron chi connectivity index (χ3n) is 2.53. The van der Waals surface area contributed by atoms with Crippen molar-refractivity contribution in [1.29, 1.82) is 0 Å².